The minimum atomic E-state index is 0.785. The van der Waals surface area contributed by atoms with Crippen LogP contribution in [0.1, 0.15) is 24.0 Å². The van der Waals surface area contributed by atoms with Crippen molar-refractivity contribution >= 4 is 15.9 Å². The number of fused-ring (bicyclic) bond motifs is 1. The number of hydrogen-bond donors (Lipinski definition) is 1. The van der Waals surface area contributed by atoms with E-state index < -0.39 is 0 Å². The second kappa shape index (κ2) is 7.88. The normalized spacial score (nSPS) is 13.4. The molecule has 3 nitrogen and oxygen atoms in total. The van der Waals surface area contributed by atoms with Gasteiger partial charge in [-0.1, -0.05) is 15.9 Å². The van der Waals surface area contributed by atoms with Gasteiger partial charge in [-0.25, -0.2) is 0 Å². The number of benzene rings is 1. The lowest BCUT2D eigenvalue weighted by molar-refractivity contribution is 0.199. The van der Waals surface area contributed by atoms with Gasteiger partial charge in [-0.15, -0.1) is 0 Å². The predicted octanol–water partition coefficient (Wildman–Crippen LogP) is 2.94. The van der Waals surface area contributed by atoms with Gasteiger partial charge in [0.15, 0.2) is 0 Å². The van der Waals surface area contributed by atoms with Crippen molar-refractivity contribution in [2.75, 3.05) is 33.4 Å². The minimum Gasteiger partial charge on any atom is -0.493 e. The van der Waals surface area contributed by atoms with Crippen molar-refractivity contribution in [3.63, 3.8) is 0 Å². The molecule has 1 aromatic carbocycles. The maximum atomic E-state index is 5.74. The van der Waals surface area contributed by atoms with E-state index >= 15 is 0 Å². The van der Waals surface area contributed by atoms with Crippen LogP contribution < -0.4 is 10.1 Å². The van der Waals surface area contributed by atoms with E-state index in [9.17, 15) is 0 Å². The van der Waals surface area contributed by atoms with Crippen molar-refractivity contribution in [3.8, 4) is 5.75 Å². The molecular formula is C15H22BrNO2. The van der Waals surface area contributed by atoms with E-state index in [1.54, 1.807) is 7.11 Å². The van der Waals surface area contributed by atoms with Crippen LogP contribution in [0.3, 0.4) is 0 Å². The first kappa shape index (κ1) is 14.8. The van der Waals surface area contributed by atoms with Gasteiger partial charge in [-0.05, 0) is 49.1 Å². The van der Waals surface area contributed by atoms with Crippen molar-refractivity contribution in [2.45, 2.75) is 25.7 Å². The van der Waals surface area contributed by atoms with Crippen LogP contribution in [0.15, 0.2) is 16.6 Å². The summed E-state index contributed by atoms with van der Waals surface area (Å²) in [5.41, 5.74) is 2.70. The van der Waals surface area contributed by atoms with E-state index in [2.05, 4.69) is 33.4 Å². The number of aryl methyl sites for hydroxylation is 1. The van der Waals surface area contributed by atoms with Gasteiger partial charge in [-0.2, -0.15) is 0 Å². The molecule has 0 atom stereocenters. The first-order valence-electron chi connectivity index (χ1n) is 6.95. The quantitative estimate of drug-likeness (QED) is 0.745. The molecule has 0 amide bonds. The third-order valence-corrected chi connectivity index (χ3v) is 3.82. The SMILES string of the molecule is COCCNCCCCc1cc(Br)cc2c1OCC2. The van der Waals surface area contributed by atoms with Gasteiger partial charge in [0.1, 0.15) is 5.75 Å². The van der Waals surface area contributed by atoms with E-state index in [1.165, 1.54) is 28.4 Å². The van der Waals surface area contributed by atoms with E-state index in [1.807, 2.05) is 0 Å². The van der Waals surface area contributed by atoms with Gasteiger partial charge in [-0.3, -0.25) is 0 Å². The van der Waals surface area contributed by atoms with Crippen molar-refractivity contribution in [1.29, 1.82) is 0 Å². The van der Waals surface area contributed by atoms with Crippen LogP contribution in [-0.2, 0) is 17.6 Å². The smallest absolute Gasteiger partial charge is 0.125 e. The Morgan fingerprint density at radius 3 is 3.05 bits per heavy atom. The molecule has 4 heteroatoms. The van der Waals surface area contributed by atoms with Crippen LogP contribution in [0.25, 0.3) is 0 Å². The zero-order valence-corrected chi connectivity index (χ0v) is 13.1. The molecule has 0 bridgehead atoms. The maximum Gasteiger partial charge on any atom is 0.125 e. The molecule has 1 aromatic rings. The Bertz CT molecular complexity index is 409. The number of nitrogens with one attached hydrogen (secondary N) is 1. The van der Waals surface area contributed by atoms with Gasteiger partial charge in [0, 0.05) is 24.5 Å². The Morgan fingerprint density at radius 2 is 2.21 bits per heavy atom. The van der Waals surface area contributed by atoms with E-state index in [0.717, 1.165) is 44.9 Å². The van der Waals surface area contributed by atoms with Crippen LogP contribution >= 0.6 is 15.9 Å². The first-order valence-corrected chi connectivity index (χ1v) is 7.74. The van der Waals surface area contributed by atoms with Crippen LogP contribution in [0.2, 0.25) is 0 Å². The van der Waals surface area contributed by atoms with Gasteiger partial charge in [0.2, 0.25) is 0 Å². The average Bonchev–Trinajstić information content (AvgIpc) is 2.85. The molecular weight excluding hydrogens is 306 g/mol. The van der Waals surface area contributed by atoms with Crippen molar-refractivity contribution in [1.82, 2.24) is 5.32 Å². The summed E-state index contributed by atoms with van der Waals surface area (Å²) in [4.78, 5) is 0. The Balaban J connectivity index is 1.74. The number of hydrogen-bond acceptors (Lipinski definition) is 3. The molecule has 0 unspecified atom stereocenters. The Morgan fingerprint density at radius 1 is 1.32 bits per heavy atom. The molecule has 106 valence electrons. The molecule has 0 aliphatic carbocycles. The van der Waals surface area contributed by atoms with Crippen molar-refractivity contribution in [2.24, 2.45) is 0 Å². The highest BCUT2D eigenvalue weighted by Gasteiger charge is 2.16. The molecule has 0 saturated carbocycles. The summed E-state index contributed by atoms with van der Waals surface area (Å²) in [5.74, 6) is 1.13. The Hall–Kier alpha value is -0.580. The fourth-order valence-electron chi connectivity index (χ4n) is 2.40. The summed E-state index contributed by atoms with van der Waals surface area (Å²) >= 11 is 3.59. The molecule has 0 aromatic heterocycles. The third kappa shape index (κ3) is 4.48. The third-order valence-electron chi connectivity index (χ3n) is 3.36. The Labute approximate surface area is 123 Å². The van der Waals surface area contributed by atoms with E-state index in [-0.39, 0.29) is 0 Å². The lowest BCUT2D eigenvalue weighted by Gasteiger charge is -2.09. The molecule has 0 spiro atoms. The van der Waals surface area contributed by atoms with Crippen LogP contribution in [0.4, 0.5) is 0 Å². The molecule has 1 N–H and O–H groups in total. The molecule has 0 saturated heterocycles. The summed E-state index contributed by atoms with van der Waals surface area (Å²) in [6.45, 7) is 3.61. The maximum absolute atomic E-state index is 5.74. The number of ether oxygens (including phenoxy) is 2. The highest BCUT2D eigenvalue weighted by molar-refractivity contribution is 9.10. The van der Waals surface area contributed by atoms with Crippen molar-refractivity contribution in [3.05, 3.63) is 27.7 Å². The summed E-state index contributed by atoms with van der Waals surface area (Å²) < 4.78 is 11.9. The summed E-state index contributed by atoms with van der Waals surface area (Å²) in [7, 11) is 1.73. The average molecular weight is 328 g/mol. The summed E-state index contributed by atoms with van der Waals surface area (Å²) in [6, 6.07) is 4.38. The van der Waals surface area contributed by atoms with E-state index in [4.69, 9.17) is 9.47 Å². The highest BCUT2D eigenvalue weighted by Crippen LogP contribution is 2.33. The van der Waals surface area contributed by atoms with Gasteiger partial charge in [0.25, 0.3) is 0 Å². The molecule has 1 heterocycles. The molecule has 1 aliphatic rings. The highest BCUT2D eigenvalue weighted by atomic mass is 79.9. The molecule has 1 aliphatic heterocycles. The van der Waals surface area contributed by atoms with E-state index in [0.29, 0.717) is 0 Å². The molecule has 2 rings (SSSR count). The zero-order chi connectivity index (χ0) is 13.5. The molecule has 0 radical (unpaired) electrons. The van der Waals surface area contributed by atoms with Gasteiger partial charge < -0.3 is 14.8 Å². The van der Waals surface area contributed by atoms with Crippen LogP contribution in [0, 0.1) is 0 Å². The number of halogens is 1. The first-order chi connectivity index (χ1) is 9.31. The van der Waals surface area contributed by atoms with Crippen LogP contribution in [-0.4, -0.2) is 33.4 Å². The second-order valence-corrected chi connectivity index (χ2v) is 5.77. The largest absolute Gasteiger partial charge is 0.493 e. The summed E-state index contributed by atoms with van der Waals surface area (Å²) in [5, 5.41) is 3.37. The Kier molecular flexibility index (Phi) is 6.14. The lowest BCUT2D eigenvalue weighted by Crippen LogP contribution is -2.20. The minimum absolute atomic E-state index is 0.785. The summed E-state index contributed by atoms with van der Waals surface area (Å²) in [6.07, 6.45) is 4.51. The monoisotopic (exact) mass is 327 g/mol. The topological polar surface area (TPSA) is 30.5 Å². The second-order valence-electron chi connectivity index (χ2n) is 4.85. The fourth-order valence-corrected chi connectivity index (χ4v) is 2.95. The van der Waals surface area contributed by atoms with Gasteiger partial charge >= 0.3 is 0 Å². The van der Waals surface area contributed by atoms with Crippen LogP contribution in [0.5, 0.6) is 5.75 Å². The fraction of sp³-hybridized carbons (Fsp3) is 0.600. The zero-order valence-electron chi connectivity index (χ0n) is 11.5. The number of methoxy groups -OCH3 is 1. The van der Waals surface area contributed by atoms with Crippen molar-refractivity contribution < 1.29 is 9.47 Å². The predicted molar refractivity (Wildman–Crippen MR) is 81.0 cm³/mol. The number of rotatable bonds is 8. The number of unbranched alkanes of at least 4 members (excludes halogenated alkanes) is 1. The van der Waals surface area contributed by atoms with Gasteiger partial charge in [0.05, 0.1) is 13.2 Å². The molecule has 19 heavy (non-hydrogen) atoms. The molecule has 0 fully saturated rings. The standard InChI is InChI=1S/C15H22BrNO2/c1-18-9-7-17-6-3-2-4-12-10-14(16)11-13-5-8-19-15(12)13/h10-11,17H,2-9H2,1H3. The lowest BCUT2D eigenvalue weighted by atomic mass is 10.0.